The van der Waals surface area contributed by atoms with Crippen LogP contribution < -0.4 is 15.4 Å². The SMILES string of the molecule is CCOc1ccccc1NC(=O)[C@H](N[C@@H]1CCSc2ccccc21)c1ccccc1. The molecule has 0 saturated heterocycles. The van der Waals surface area contributed by atoms with Crippen LogP contribution in [0.15, 0.2) is 83.8 Å². The van der Waals surface area contributed by atoms with E-state index in [1.54, 1.807) is 0 Å². The summed E-state index contributed by atoms with van der Waals surface area (Å²) in [6, 6.07) is 25.6. The third-order valence-corrected chi connectivity index (χ3v) is 6.29. The number of hydrogen-bond donors (Lipinski definition) is 2. The van der Waals surface area contributed by atoms with Gasteiger partial charge in [0, 0.05) is 10.9 Å². The molecule has 0 saturated carbocycles. The highest BCUT2D eigenvalue weighted by Crippen LogP contribution is 2.37. The van der Waals surface area contributed by atoms with Gasteiger partial charge in [0.25, 0.3) is 0 Å². The minimum Gasteiger partial charge on any atom is -0.492 e. The molecule has 2 N–H and O–H groups in total. The second-order valence-electron chi connectivity index (χ2n) is 7.16. The van der Waals surface area contributed by atoms with Crippen LogP contribution in [-0.4, -0.2) is 18.3 Å². The van der Waals surface area contributed by atoms with Crippen LogP contribution in [0.4, 0.5) is 5.69 Å². The van der Waals surface area contributed by atoms with E-state index in [1.165, 1.54) is 10.5 Å². The Morgan fingerprint density at radius 2 is 1.77 bits per heavy atom. The fourth-order valence-corrected chi connectivity index (χ4v) is 4.87. The van der Waals surface area contributed by atoms with Gasteiger partial charge in [0.1, 0.15) is 11.8 Å². The number of thioether (sulfide) groups is 1. The van der Waals surface area contributed by atoms with Crippen LogP contribution in [0.25, 0.3) is 0 Å². The summed E-state index contributed by atoms with van der Waals surface area (Å²) in [6.07, 6.45) is 0.980. The first-order valence-corrected chi connectivity index (χ1v) is 11.3. The zero-order valence-electron chi connectivity index (χ0n) is 17.0. The molecule has 30 heavy (non-hydrogen) atoms. The Morgan fingerprint density at radius 3 is 2.60 bits per heavy atom. The molecule has 0 aliphatic carbocycles. The molecule has 0 bridgehead atoms. The zero-order valence-corrected chi connectivity index (χ0v) is 17.8. The zero-order chi connectivity index (χ0) is 20.8. The summed E-state index contributed by atoms with van der Waals surface area (Å²) in [6.45, 7) is 2.48. The van der Waals surface area contributed by atoms with E-state index >= 15 is 0 Å². The van der Waals surface area contributed by atoms with E-state index in [1.807, 2.05) is 73.3 Å². The van der Waals surface area contributed by atoms with E-state index in [0.717, 1.165) is 17.7 Å². The molecule has 3 aromatic rings. The van der Waals surface area contributed by atoms with Gasteiger partial charge < -0.3 is 10.1 Å². The molecule has 3 aromatic carbocycles. The van der Waals surface area contributed by atoms with Gasteiger partial charge in [-0.05, 0) is 48.4 Å². The standard InChI is InChI=1S/C25H26N2O2S/c1-2-29-22-14-8-7-13-21(22)27-25(28)24(18-10-4-3-5-11-18)26-20-16-17-30-23-15-9-6-12-19(20)23/h3-15,20,24,26H,2,16-17H2,1H3,(H,27,28)/t20-,24-/m1/s1. The average molecular weight is 419 g/mol. The summed E-state index contributed by atoms with van der Waals surface area (Å²) in [5.74, 6) is 1.62. The highest BCUT2D eigenvalue weighted by molar-refractivity contribution is 7.99. The largest absolute Gasteiger partial charge is 0.492 e. The number of nitrogens with one attached hydrogen (secondary N) is 2. The number of para-hydroxylation sites is 2. The summed E-state index contributed by atoms with van der Waals surface area (Å²) >= 11 is 1.88. The summed E-state index contributed by atoms with van der Waals surface area (Å²) in [5.41, 5.74) is 2.89. The number of fused-ring (bicyclic) bond motifs is 1. The van der Waals surface area contributed by atoms with Gasteiger partial charge in [-0.1, -0.05) is 60.7 Å². The molecule has 0 radical (unpaired) electrons. The number of carbonyl (C=O) groups excluding carboxylic acids is 1. The predicted molar refractivity (Wildman–Crippen MR) is 123 cm³/mol. The van der Waals surface area contributed by atoms with E-state index < -0.39 is 6.04 Å². The highest BCUT2D eigenvalue weighted by Gasteiger charge is 2.28. The second kappa shape index (κ2) is 9.83. The number of amides is 1. The topological polar surface area (TPSA) is 50.4 Å². The van der Waals surface area contributed by atoms with Crippen molar-refractivity contribution in [2.24, 2.45) is 0 Å². The minimum atomic E-state index is -0.470. The van der Waals surface area contributed by atoms with Crippen LogP contribution in [0.3, 0.4) is 0 Å². The maximum atomic E-state index is 13.4. The van der Waals surface area contributed by atoms with Gasteiger partial charge in [-0.25, -0.2) is 0 Å². The first-order valence-electron chi connectivity index (χ1n) is 10.3. The first-order chi connectivity index (χ1) is 14.8. The Kier molecular flexibility index (Phi) is 6.72. The van der Waals surface area contributed by atoms with E-state index in [-0.39, 0.29) is 11.9 Å². The molecular weight excluding hydrogens is 392 g/mol. The third kappa shape index (κ3) is 4.69. The van der Waals surface area contributed by atoms with Crippen molar-refractivity contribution >= 4 is 23.4 Å². The Morgan fingerprint density at radius 1 is 1.03 bits per heavy atom. The molecule has 1 heterocycles. The number of anilines is 1. The van der Waals surface area contributed by atoms with E-state index in [2.05, 4.69) is 34.9 Å². The van der Waals surface area contributed by atoms with Gasteiger partial charge in [0.05, 0.1) is 12.3 Å². The molecule has 1 aliphatic heterocycles. The third-order valence-electron chi connectivity index (χ3n) is 5.17. The monoisotopic (exact) mass is 418 g/mol. The van der Waals surface area contributed by atoms with E-state index in [9.17, 15) is 4.79 Å². The first kappa shape index (κ1) is 20.5. The van der Waals surface area contributed by atoms with Crippen LogP contribution in [0, 0.1) is 0 Å². The number of hydrogen-bond acceptors (Lipinski definition) is 4. The van der Waals surface area contributed by atoms with Crippen molar-refractivity contribution in [2.45, 2.75) is 30.3 Å². The van der Waals surface area contributed by atoms with Crippen molar-refractivity contribution in [3.63, 3.8) is 0 Å². The minimum absolute atomic E-state index is 0.0935. The quantitative estimate of drug-likeness (QED) is 0.525. The summed E-state index contributed by atoms with van der Waals surface area (Å²) in [5, 5.41) is 6.71. The Labute approximate surface area is 182 Å². The molecule has 0 fully saturated rings. The summed E-state index contributed by atoms with van der Waals surface area (Å²) in [4.78, 5) is 14.7. The summed E-state index contributed by atoms with van der Waals surface area (Å²) < 4.78 is 5.68. The lowest BCUT2D eigenvalue weighted by Crippen LogP contribution is -2.36. The second-order valence-corrected chi connectivity index (χ2v) is 8.29. The molecule has 0 unspecified atom stereocenters. The lowest BCUT2D eigenvalue weighted by atomic mass is 9.99. The summed E-state index contributed by atoms with van der Waals surface area (Å²) in [7, 11) is 0. The van der Waals surface area contributed by atoms with Crippen molar-refractivity contribution < 1.29 is 9.53 Å². The predicted octanol–water partition coefficient (Wildman–Crippen LogP) is 5.59. The maximum Gasteiger partial charge on any atom is 0.246 e. The lowest BCUT2D eigenvalue weighted by Gasteiger charge is -2.30. The van der Waals surface area contributed by atoms with Gasteiger partial charge in [-0.15, -0.1) is 11.8 Å². The van der Waals surface area contributed by atoms with Gasteiger partial charge in [0.15, 0.2) is 0 Å². The Hall–Kier alpha value is -2.76. The van der Waals surface area contributed by atoms with Crippen molar-refractivity contribution in [3.05, 3.63) is 90.0 Å². The Balaban J connectivity index is 1.61. The molecule has 154 valence electrons. The smallest absolute Gasteiger partial charge is 0.246 e. The van der Waals surface area contributed by atoms with Gasteiger partial charge in [-0.3, -0.25) is 10.1 Å². The maximum absolute atomic E-state index is 13.4. The fourth-order valence-electron chi connectivity index (χ4n) is 3.74. The van der Waals surface area contributed by atoms with Gasteiger partial charge in [0.2, 0.25) is 5.91 Å². The Bertz CT molecular complexity index is 993. The van der Waals surface area contributed by atoms with Crippen LogP contribution in [0.2, 0.25) is 0 Å². The van der Waals surface area contributed by atoms with Gasteiger partial charge >= 0.3 is 0 Å². The van der Waals surface area contributed by atoms with Crippen molar-refractivity contribution in [3.8, 4) is 5.75 Å². The lowest BCUT2D eigenvalue weighted by molar-refractivity contribution is -0.118. The molecule has 4 rings (SSSR count). The fraction of sp³-hybridized carbons (Fsp3) is 0.240. The van der Waals surface area contributed by atoms with Gasteiger partial charge in [-0.2, -0.15) is 0 Å². The molecule has 0 aromatic heterocycles. The molecule has 1 amide bonds. The number of ether oxygens (including phenoxy) is 1. The molecule has 5 heteroatoms. The van der Waals surface area contributed by atoms with Crippen LogP contribution in [0.1, 0.15) is 36.6 Å². The molecule has 0 spiro atoms. The molecule has 1 aliphatic rings. The van der Waals surface area contributed by atoms with Crippen molar-refractivity contribution in [2.75, 3.05) is 17.7 Å². The van der Waals surface area contributed by atoms with Crippen molar-refractivity contribution in [1.82, 2.24) is 5.32 Å². The van der Waals surface area contributed by atoms with E-state index in [0.29, 0.717) is 18.0 Å². The number of rotatable bonds is 7. The average Bonchev–Trinajstić information content (AvgIpc) is 2.79. The van der Waals surface area contributed by atoms with Crippen LogP contribution in [-0.2, 0) is 4.79 Å². The van der Waals surface area contributed by atoms with Crippen LogP contribution >= 0.6 is 11.8 Å². The molecule has 4 nitrogen and oxygen atoms in total. The van der Waals surface area contributed by atoms with Crippen molar-refractivity contribution in [1.29, 1.82) is 0 Å². The van der Waals surface area contributed by atoms with Crippen LogP contribution in [0.5, 0.6) is 5.75 Å². The highest BCUT2D eigenvalue weighted by atomic mass is 32.2. The molecular formula is C25H26N2O2S. The normalized spacial score (nSPS) is 16.4. The molecule has 2 atom stereocenters. The number of benzene rings is 3. The number of carbonyl (C=O) groups is 1. The van der Waals surface area contributed by atoms with E-state index in [4.69, 9.17) is 4.74 Å².